The van der Waals surface area contributed by atoms with Gasteiger partial charge in [0.05, 0.1) is 22.6 Å². The van der Waals surface area contributed by atoms with Gasteiger partial charge >= 0.3 is 6.18 Å². The highest BCUT2D eigenvalue weighted by atomic mass is 32.2. The first-order valence-electron chi connectivity index (χ1n) is 7.67. The summed E-state index contributed by atoms with van der Waals surface area (Å²) in [6, 6.07) is 5.34. The third-order valence-electron chi connectivity index (χ3n) is 3.61. The molecule has 0 fully saturated rings. The molecule has 0 radical (unpaired) electrons. The molecule has 1 unspecified atom stereocenters. The van der Waals surface area contributed by atoms with Gasteiger partial charge in [0.25, 0.3) is 0 Å². The topological polar surface area (TPSA) is 41.7 Å². The number of halogens is 3. The van der Waals surface area contributed by atoms with Crippen molar-refractivity contribution in [1.29, 1.82) is 5.41 Å². The molecule has 0 aliphatic heterocycles. The number of imidazole rings is 1. The number of hydrogen-bond donors (Lipinski definition) is 1. The van der Waals surface area contributed by atoms with Crippen LogP contribution in [0.1, 0.15) is 43.0 Å². The third-order valence-corrected chi connectivity index (χ3v) is 4.91. The van der Waals surface area contributed by atoms with Gasteiger partial charge < -0.3 is 4.57 Å². The van der Waals surface area contributed by atoms with E-state index in [1.54, 1.807) is 17.0 Å². The Balaban J connectivity index is 2.02. The molecule has 1 aromatic heterocycles. The van der Waals surface area contributed by atoms with Crippen LogP contribution in [0.3, 0.4) is 0 Å². The molecule has 1 N–H and O–H groups in total. The molecule has 130 valence electrons. The lowest BCUT2D eigenvalue weighted by Crippen LogP contribution is -2.06. The molecule has 0 aliphatic carbocycles. The van der Waals surface area contributed by atoms with Gasteiger partial charge in [-0.25, -0.2) is 4.98 Å². The van der Waals surface area contributed by atoms with Crippen LogP contribution in [0.5, 0.6) is 0 Å². The van der Waals surface area contributed by atoms with E-state index >= 15 is 0 Å². The van der Waals surface area contributed by atoms with Crippen LogP contribution >= 0.6 is 11.8 Å². The molecule has 0 saturated heterocycles. The molecule has 0 saturated carbocycles. The van der Waals surface area contributed by atoms with E-state index in [9.17, 15) is 13.2 Å². The molecule has 2 rings (SSSR count). The number of benzene rings is 1. The highest BCUT2D eigenvalue weighted by Crippen LogP contribution is 2.29. The van der Waals surface area contributed by atoms with Crippen LogP contribution in [0.2, 0.25) is 0 Å². The third kappa shape index (κ3) is 5.12. The highest BCUT2D eigenvalue weighted by Gasteiger charge is 2.30. The quantitative estimate of drug-likeness (QED) is 0.573. The number of nitrogens with zero attached hydrogens (tertiary/aromatic N) is 2. The van der Waals surface area contributed by atoms with E-state index in [0.717, 1.165) is 23.9 Å². The molecule has 0 bridgehead atoms. The van der Waals surface area contributed by atoms with Crippen molar-refractivity contribution in [2.24, 2.45) is 0 Å². The number of nitrogens with one attached hydrogen (secondary N) is 1. The molecular weight excluding hydrogens is 335 g/mol. The molecule has 7 heteroatoms. The summed E-state index contributed by atoms with van der Waals surface area (Å²) in [6.45, 7) is 4.33. The molecule has 24 heavy (non-hydrogen) atoms. The Hall–Kier alpha value is -1.76. The molecular formula is C17H20F3N3S. The first kappa shape index (κ1) is 18.6. The first-order valence-corrected chi connectivity index (χ1v) is 8.66. The fraction of sp³-hybridized carbons (Fsp3) is 0.412. The molecule has 1 atom stereocenters. The van der Waals surface area contributed by atoms with Gasteiger partial charge in [0, 0.05) is 24.4 Å². The van der Waals surface area contributed by atoms with Crippen LogP contribution in [-0.2, 0) is 12.7 Å². The molecule has 2 aromatic rings. The molecule has 0 aliphatic rings. The van der Waals surface area contributed by atoms with Crippen molar-refractivity contribution < 1.29 is 13.2 Å². The lowest BCUT2D eigenvalue weighted by Gasteiger charge is -2.09. The molecule has 0 spiro atoms. The van der Waals surface area contributed by atoms with Crippen molar-refractivity contribution in [3.8, 4) is 0 Å². The smallest absolute Gasteiger partial charge is 0.333 e. The van der Waals surface area contributed by atoms with Gasteiger partial charge in [-0.05, 0) is 24.1 Å². The number of hydrogen-bond acceptors (Lipinski definition) is 3. The van der Waals surface area contributed by atoms with Crippen molar-refractivity contribution in [3.05, 3.63) is 53.6 Å². The van der Waals surface area contributed by atoms with Gasteiger partial charge in [-0.2, -0.15) is 13.2 Å². The second kappa shape index (κ2) is 7.88. The SMILES string of the molecule is CCC(=N)SCC(C)c1cn(Cc2cccc(C(F)(F)F)c2)cn1. The van der Waals surface area contributed by atoms with Gasteiger partial charge in [-0.1, -0.05) is 26.0 Å². The average molecular weight is 355 g/mol. The number of alkyl halides is 3. The van der Waals surface area contributed by atoms with E-state index in [1.807, 2.05) is 20.0 Å². The van der Waals surface area contributed by atoms with Gasteiger partial charge in [0.1, 0.15) is 0 Å². The second-order valence-corrected chi connectivity index (χ2v) is 6.77. The lowest BCUT2D eigenvalue weighted by atomic mass is 10.1. The zero-order chi connectivity index (χ0) is 17.7. The Morgan fingerprint density at radius 1 is 1.38 bits per heavy atom. The van der Waals surface area contributed by atoms with E-state index in [-0.39, 0.29) is 5.92 Å². The van der Waals surface area contributed by atoms with Crippen molar-refractivity contribution in [3.63, 3.8) is 0 Å². The Bertz CT molecular complexity index is 694. The summed E-state index contributed by atoms with van der Waals surface area (Å²) >= 11 is 1.51. The van der Waals surface area contributed by atoms with Crippen LogP contribution in [-0.4, -0.2) is 20.3 Å². The zero-order valence-electron chi connectivity index (χ0n) is 13.6. The number of thioether (sulfide) groups is 1. The Labute approximate surface area is 143 Å². The summed E-state index contributed by atoms with van der Waals surface area (Å²) < 4.78 is 40.1. The minimum Gasteiger partial charge on any atom is -0.333 e. The lowest BCUT2D eigenvalue weighted by molar-refractivity contribution is -0.137. The van der Waals surface area contributed by atoms with Crippen LogP contribution in [0.15, 0.2) is 36.8 Å². The molecule has 1 aromatic carbocycles. The summed E-state index contributed by atoms with van der Waals surface area (Å²) in [4.78, 5) is 4.34. The van der Waals surface area contributed by atoms with Crippen molar-refractivity contribution >= 4 is 16.8 Å². The van der Waals surface area contributed by atoms with E-state index in [2.05, 4.69) is 4.98 Å². The maximum absolute atomic E-state index is 12.8. The monoisotopic (exact) mass is 355 g/mol. The van der Waals surface area contributed by atoms with Gasteiger partial charge in [-0.15, -0.1) is 11.8 Å². The van der Waals surface area contributed by atoms with Crippen LogP contribution in [0.4, 0.5) is 13.2 Å². The Kier molecular flexibility index (Phi) is 6.10. The van der Waals surface area contributed by atoms with E-state index < -0.39 is 11.7 Å². The predicted molar refractivity (Wildman–Crippen MR) is 91.7 cm³/mol. The standard InChI is InChI=1S/C17H20F3N3S/c1-3-16(21)24-10-12(2)15-9-23(11-22-15)8-13-5-4-6-14(7-13)17(18,19)20/h4-7,9,11-12,21H,3,8,10H2,1-2H3. The van der Waals surface area contributed by atoms with E-state index in [4.69, 9.17) is 5.41 Å². The molecule has 1 heterocycles. The van der Waals surface area contributed by atoms with Gasteiger partial charge in [0.2, 0.25) is 0 Å². The summed E-state index contributed by atoms with van der Waals surface area (Å²) in [7, 11) is 0. The minimum atomic E-state index is -4.33. The summed E-state index contributed by atoms with van der Waals surface area (Å²) in [5, 5.41) is 8.31. The summed E-state index contributed by atoms with van der Waals surface area (Å²) in [5.74, 6) is 0.956. The molecule has 3 nitrogen and oxygen atoms in total. The van der Waals surface area contributed by atoms with Crippen molar-refractivity contribution in [1.82, 2.24) is 9.55 Å². The Morgan fingerprint density at radius 3 is 2.79 bits per heavy atom. The molecule has 0 amide bonds. The van der Waals surface area contributed by atoms with Crippen LogP contribution < -0.4 is 0 Å². The normalized spacial score (nSPS) is 13.0. The Morgan fingerprint density at radius 2 is 2.12 bits per heavy atom. The van der Waals surface area contributed by atoms with Gasteiger partial charge in [0.15, 0.2) is 0 Å². The fourth-order valence-electron chi connectivity index (χ4n) is 2.19. The van der Waals surface area contributed by atoms with E-state index in [1.165, 1.54) is 23.9 Å². The van der Waals surface area contributed by atoms with Crippen molar-refractivity contribution in [2.45, 2.75) is 38.9 Å². The maximum atomic E-state index is 12.8. The first-order chi connectivity index (χ1) is 11.3. The van der Waals surface area contributed by atoms with Gasteiger partial charge in [-0.3, -0.25) is 5.41 Å². The maximum Gasteiger partial charge on any atom is 0.416 e. The fourth-order valence-corrected chi connectivity index (χ4v) is 3.01. The largest absolute Gasteiger partial charge is 0.416 e. The highest BCUT2D eigenvalue weighted by molar-refractivity contribution is 8.13. The summed E-state index contributed by atoms with van der Waals surface area (Å²) in [5.41, 5.74) is 0.838. The van der Waals surface area contributed by atoms with Crippen LogP contribution in [0.25, 0.3) is 0 Å². The summed E-state index contributed by atoms with van der Waals surface area (Å²) in [6.07, 6.45) is -0.101. The number of rotatable bonds is 6. The zero-order valence-corrected chi connectivity index (χ0v) is 14.4. The average Bonchev–Trinajstić information content (AvgIpc) is 3.00. The number of aromatic nitrogens is 2. The second-order valence-electron chi connectivity index (χ2n) is 5.66. The minimum absolute atomic E-state index is 0.185. The van der Waals surface area contributed by atoms with E-state index in [0.29, 0.717) is 17.2 Å². The van der Waals surface area contributed by atoms with Crippen LogP contribution in [0, 0.1) is 5.41 Å². The predicted octanol–water partition coefficient (Wildman–Crippen LogP) is 5.17. The van der Waals surface area contributed by atoms with Crippen molar-refractivity contribution in [2.75, 3.05) is 5.75 Å².